The Morgan fingerprint density at radius 3 is 2.11 bits per heavy atom. The molecule has 0 amide bonds. The normalized spacial score (nSPS) is 9.33. The molecule has 2 aromatic carbocycles. The zero-order valence-electron chi connectivity index (χ0n) is 11.7. The quantitative estimate of drug-likeness (QED) is 0.702. The third kappa shape index (κ3) is 3.92. The van der Waals surface area contributed by atoms with Crippen LogP contribution in [0.15, 0.2) is 48.5 Å². The molecule has 96 valence electrons. The van der Waals surface area contributed by atoms with Crippen LogP contribution < -0.4 is 4.74 Å². The van der Waals surface area contributed by atoms with Crippen LogP contribution in [0.4, 0.5) is 0 Å². The van der Waals surface area contributed by atoms with Crippen molar-refractivity contribution in [1.29, 1.82) is 0 Å². The SMILES string of the molecule is CC.CCc1ccc(Oc2ccccc2)cc1C. The predicted molar refractivity (Wildman–Crippen MR) is 78.4 cm³/mol. The summed E-state index contributed by atoms with van der Waals surface area (Å²) in [5.74, 6) is 1.78. The van der Waals surface area contributed by atoms with Crippen LogP contribution in [-0.4, -0.2) is 0 Å². The third-order valence-corrected chi connectivity index (χ3v) is 2.67. The van der Waals surface area contributed by atoms with Gasteiger partial charge in [0, 0.05) is 0 Å². The Morgan fingerprint density at radius 2 is 1.56 bits per heavy atom. The summed E-state index contributed by atoms with van der Waals surface area (Å²) >= 11 is 0. The highest BCUT2D eigenvalue weighted by molar-refractivity contribution is 5.37. The monoisotopic (exact) mass is 242 g/mol. The van der Waals surface area contributed by atoms with Gasteiger partial charge in [0.1, 0.15) is 11.5 Å². The van der Waals surface area contributed by atoms with Crippen molar-refractivity contribution in [3.63, 3.8) is 0 Å². The molecular formula is C17H22O. The first-order chi connectivity index (χ1) is 8.79. The smallest absolute Gasteiger partial charge is 0.127 e. The van der Waals surface area contributed by atoms with Gasteiger partial charge in [-0.05, 0) is 48.7 Å². The van der Waals surface area contributed by atoms with E-state index in [0.717, 1.165) is 17.9 Å². The lowest BCUT2D eigenvalue weighted by molar-refractivity contribution is 0.482. The molecule has 0 heterocycles. The largest absolute Gasteiger partial charge is 0.457 e. The zero-order chi connectivity index (χ0) is 13.4. The lowest BCUT2D eigenvalue weighted by Crippen LogP contribution is -1.89. The molecule has 0 atom stereocenters. The molecule has 0 bridgehead atoms. The highest BCUT2D eigenvalue weighted by Crippen LogP contribution is 2.23. The van der Waals surface area contributed by atoms with E-state index in [1.54, 1.807) is 0 Å². The molecule has 0 aliphatic carbocycles. The second kappa shape index (κ2) is 7.54. The molecular weight excluding hydrogens is 220 g/mol. The fraction of sp³-hybridized carbons (Fsp3) is 0.294. The first kappa shape index (κ1) is 14.3. The van der Waals surface area contributed by atoms with Gasteiger partial charge in [0.2, 0.25) is 0 Å². The molecule has 0 N–H and O–H groups in total. The van der Waals surface area contributed by atoms with Gasteiger partial charge in [-0.2, -0.15) is 0 Å². The maximum absolute atomic E-state index is 5.76. The van der Waals surface area contributed by atoms with Crippen LogP contribution in [0.25, 0.3) is 0 Å². The fourth-order valence-corrected chi connectivity index (χ4v) is 1.75. The number of rotatable bonds is 3. The van der Waals surface area contributed by atoms with Gasteiger partial charge in [0.25, 0.3) is 0 Å². The van der Waals surface area contributed by atoms with Gasteiger partial charge in [-0.3, -0.25) is 0 Å². The molecule has 2 rings (SSSR count). The number of aryl methyl sites for hydroxylation is 2. The summed E-state index contributed by atoms with van der Waals surface area (Å²) in [7, 11) is 0. The highest BCUT2D eigenvalue weighted by atomic mass is 16.5. The maximum Gasteiger partial charge on any atom is 0.127 e. The van der Waals surface area contributed by atoms with Crippen molar-refractivity contribution in [2.45, 2.75) is 34.1 Å². The summed E-state index contributed by atoms with van der Waals surface area (Å²) in [5.41, 5.74) is 2.66. The molecule has 0 radical (unpaired) electrons. The van der Waals surface area contributed by atoms with E-state index in [-0.39, 0.29) is 0 Å². The summed E-state index contributed by atoms with van der Waals surface area (Å²) in [5, 5.41) is 0. The van der Waals surface area contributed by atoms with Crippen LogP contribution >= 0.6 is 0 Å². The predicted octanol–water partition coefficient (Wildman–Crippen LogP) is 5.38. The number of hydrogen-bond donors (Lipinski definition) is 0. The average Bonchev–Trinajstić information content (AvgIpc) is 2.42. The Hall–Kier alpha value is -1.76. The topological polar surface area (TPSA) is 9.23 Å². The van der Waals surface area contributed by atoms with E-state index < -0.39 is 0 Å². The first-order valence-corrected chi connectivity index (χ1v) is 6.62. The molecule has 0 aliphatic rings. The minimum atomic E-state index is 0.881. The highest BCUT2D eigenvalue weighted by Gasteiger charge is 2.00. The minimum Gasteiger partial charge on any atom is -0.457 e. The first-order valence-electron chi connectivity index (χ1n) is 6.62. The van der Waals surface area contributed by atoms with E-state index >= 15 is 0 Å². The van der Waals surface area contributed by atoms with E-state index in [4.69, 9.17) is 4.74 Å². The number of ether oxygens (including phenoxy) is 1. The molecule has 0 saturated carbocycles. The number of hydrogen-bond acceptors (Lipinski definition) is 1. The Bertz CT molecular complexity index is 460. The fourth-order valence-electron chi connectivity index (χ4n) is 1.75. The van der Waals surface area contributed by atoms with Crippen molar-refractivity contribution in [3.05, 3.63) is 59.7 Å². The summed E-state index contributed by atoms with van der Waals surface area (Å²) in [6.45, 7) is 8.29. The standard InChI is InChI=1S/C15H16O.C2H6/c1-3-13-9-10-15(11-12(13)2)16-14-7-5-4-6-8-14;1-2/h4-11H,3H2,1-2H3;1-2H3. The molecule has 1 nitrogen and oxygen atoms in total. The third-order valence-electron chi connectivity index (χ3n) is 2.67. The van der Waals surface area contributed by atoms with Gasteiger partial charge >= 0.3 is 0 Å². The Kier molecular flexibility index (Phi) is 5.99. The van der Waals surface area contributed by atoms with Crippen LogP contribution in [0.3, 0.4) is 0 Å². The molecule has 0 saturated heterocycles. The van der Waals surface area contributed by atoms with Crippen LogP contribution in [0.2, 0.25) is 0 Å². The van der Waals surface area contributed by atoms with Crippen molar-refractivity contribution in [2.75, 3.05) is 0 Å². The molecule has 0 aromatic heterocycles. The molecule has 0 fully saturated rings. The summed E-state index contributed by atoms with van der Waals surface area (Å²) in [6, 6.07) is 16.1. The minimum absolute atomic E-state index is 0.881. The molecule has 2 aromatic rings. The lowest BCUT2D eigenvalue weighted by Gasteiger charge is -2.08. The van der Waals surface area contributed by atoms with Crippen LogP contribution in [-0.2, 0) is 6.42 Å². The lowest BCUT2D eigenvalue weighted by atomic mass is 10.1. The van der Waals surface area contributed by atoms with Gasteiger partial charge in [0.05, 0.1) is 0 Å². The van der Waals surface area contributed by atoms with Crippen molar-refractivity contribution < 1.29 is 4.74 Å². The summed E-state index contributed by atoms with van der Waals surface area (Å²) < 4.78 is 5.76. The van der Waals surface area contributed by atoms with Crippen molar-refractivity contribution in [2.24, 2.45) is 0 Å². The van der Waals surface area contributed by atoms with Gasteiger partial charge in [-0.1, -0.05) is 45.0 Å². The Morgan fingerprint density at radius 1 is 0.889 bits per heavy atom. The van der Waals surface area contributed by atoms with Gasteiger partial charge < -0.3 is 4.74 Å². The second-order valence-electron chi connectivity index (χ2n) is 3.86. The van der Waals surface area contributed by atoms with Crippen LogP contribution in [0.5, 0.6) is 11.5 Å². The maximum atomic E-state index is 5.76. The molecule has 0 unspecified atom stereocenters. The van der Waals surface area contributed by atoms with Crippen molar-refractivity contribution >= 4 is 0 Å². The van der Waals surface area contributed by atoms with Gasteiger partial charge in [-0.25, -0.2) is 0 Å². The van der Waals surface area contributed by atoms with E-state index in [1.807, 2.05) is 50.2 Å². The van der Waals surface area contributed by atoms with Crippen molar-refractivity contribution in [3.8, 4) is 11.5 Å². The number of benzene rings is 2. The summed E-state index contributed by atoms with van der Waals surface area (Å²) in [4.78, 5) is 0. The van der Waals surface area contributed by atoms with Gasteiger partial charge in [0.15, 0.2) is 0 Å². The summed E-state index contributed by atoms with van der Waals surface area (Å²) in [6.07, 6.45) is 1.07. The Balaban J connectivity index is 0.000000771. The zero-order valence-corrected chi connectivity index (χ0v) is 11.7. The van der Waals surface area contributed by atoms with E-state index in [9.17, 15) is 0 Å². The van der Waals surface area contributed by atoms with E-state index in [2.05, 4.69) is 26.0 Å². The molecule has 1 heteroatoms. The Labute approximate surface area is 110 Å². The second-order valence-corrected chi connectivity index (χ2v) is 3.86. The van der Waals surface area contributed by atoms with Crippen molar-refractivity contribution in [1.82, 2.24) is 0 Å². The molecule has 0 aliphatic heterocycles. The van der Waals surface area contributed by atoms with Gasteiger partial charge in [-0.15, -0.1) is 0 Å². The van der Waals surface area contributed by atoms with Crippen LogP contribution in [0.1, 0.15) is 31.9 Å². The average molecular weight is 242 g/mol. The van der Waals surface area contributed by atoms with E-state index in [1.165, 1.54) is 11.1 Å². The number of para-hydroxylation sites is 1. The van der Waals surface area contributed by atoms with E-state index in [0.29, 0.717) is 0 Å². The molecule has 0 spiro atoms. The van der Waals surface area contributed by atoms with Crippen LogP contribution in [0, 0.1) is 6.92 Å². The molecule has 18 heavy (non-hydrogen) atoms.